The van der Waals surface area contributed by atoms with Gasteiger partial charge in [-0.25, -0.2) is 18.6 Å². The first-order valence-corrected chi connectivity index (χ1v) is 17.1. The van der Waals surface area contributed by atoms with Gasteiger partial charge in [-0.1, -0.05) is 36.3 Å². The maximum absolute atomic E-state index is 15.5. The summed E-state index contributed by atoms with van der Waals surface area (Å²) in [7, 11) is 3.50. The first kappa shape index (κ1) is 41.1. The van der Waals surface area contributed by atoms with Crippen LogP contribution in [0.5, 0.6) is 0 Å². The van der Waals surface area contributed by atoms with Crippen LogP contribution < -0.4 is 29.3 Å². The SMILES string of the molecule is Cc1cccc(NC(=O)OCC[N+]2(C[C@](O)(c3cc(F)ccc3F)[C@@H](C)c3nc(-c4ccc(C#N)cc4)cs3)C=NC=N2)c1COC(=O)CN(C)C.[I-]. The van der Waals surface area contributed by atoms with Crippen molar-refractivity contribution in [3.8, 4) is 17.3 Å². The molecule has 278 valence electrons. The van der Waals surface area contributed by atoms with E-state index in [0.717, 1.165) is 29.3 Å². The van der Waals surface area contributed by atoms with Crippen LogP contribution in [0.15, 0.2) is 76.1 Å². The Morgan fingerprint density at radius 2 is 1.89 bits per heavy atom. The number of esters is 1. The van der Waals surface area contributed by atoms with Gasteiger partial charge in [-0.3, -0.25) is 15.0 Å². The standard InChI is InChI=1S/C37H37F2N7O5S.HI/c1-24-6-5-7-32(29(24)19-51-34(47)18-45(3)4)44-36(48)50-15-14-46(23-41-22-42-46)21-37(49,30-16-28(38)12-13-31(30)39)25(2)35-43-33(20-52-35)27-10-8-26(17-40)9-11-27;/h5-13,16,20,22-23,25,49H,14-15,18-19,21H2,1-4H3;1H/t25-,37+,46?;/m0./s1. The Bertz CT molecular complexity index is 2020. The van der Waals surface area contributed by atoms with Crippen molar-refractivity contribution in [1.29, 1.82) is 5.26 Å². The summed E-state index contributed by atoms with van der Waals surface area (Å²) in [5, 5.41) is 31.0. The second-order valence-electron chi connectivity index (χ2n) is 12.7. The van der Waals surface area contributed by atoms with Crippen LogP contribution in [-0.4, -0.2) is 84.7 Å². The average Bonchev–Trinajstić information content (AvgIpc) is 3.79. The van der Waals surface area contributed by atoms with Crippen molar-refractivity contribution in [2.24, 2.45) is 10.1 Å². The summed E-state index contributed by atoms with van der Waals surface area (Å²) in [6.07, 6.45) is 1.92. The molecule has 4 aromatic rings. The minimum atomic E-state index is -2.08. The number of amides is 1. The van der Waals surface area contributed by atoms with E-state index in [1.54, 1.807) is 67.7 Å². The highest BCUT2D eigenvalue weighted by atomic mass is 127. The number of hydrogen-bond acceptors (Lipinski definition) is 11. The highest BCUT2D eigenvalue weighted by molar-refractivity contribution is 7.10. The average molecular weight is 858 g/mol. The van der Waals surface area contributed by atoms with Crippen LogP contribution >= 0.6 is 11.3 Å². The van der Waals surface area contributed by atoms with Crippen molar-refractivity contribution < 1.29 is 61.5 Å². The van der Waals surface area contributed by atoms with Crippen LogP contribution in [0.4, 0.5) is 19.3 Å². The summed E-state index contributed by atoms with van der Waals surface area (Å²) in [5.41, 5.74) is 1.25. The first-order valence-electron chi connectivity index (χ1n) is 16.2. The van der Waals surface area contributed by atoms with Crippen molar-refractivity contribution in [2.45, 2.75) is 32.0 Å². The molecule has 0 spiro atoms. The number of likely N-dealkylation sites (N-methyl/N-ethyl adjacent to an activating group) is 1. The van der Waals surface area contributed by atoms with Crippen LogP contribution in [0.3, 0.4) is 0 Å². The number of aliphatic hydroxyl groups is 1. The molecule has 3 aromatic carbocycles. The van der Waals surface area contributed by atoms with Gasteiger partial charge in [-0.15, -0.1) is 15.9 Å². The minimum absolute atomic E-state index is 0. The molecule has 0 saturated carbocycles. The number of thiazole rings is 1. The Morgan fingerprint density at radius 3 is 2.57 bits per heavy atom. The zero-order chi connectivity index (χ0) is 37.5. The van der Waals surface area contributed by atoms with E-state index in [-0.39, 0.29) is 62.4 Å². The van der Waals surface area contributed by atoms with Gasteiger partial charge in [0.05, 0.1) is 34.6 Å². The predicted octanol–water partition coefficient (Wildman–Crippen LogP) is 2.92. The molecule has 1 unspecified atom stereocenters. The molecule has 0 aliphatic carbocycles. The van der Waals surface area contributed by atoms with E-state index in [1.165, 1.54) is 24.0 Å². The number of carbonyl (C=O) groups is 2. The molecule has 1 amide bonds. The summed E-state index contributed by atoms with van der Waals surface area (Å²) >= 11 is 1.24. The van der Waals surface area contributed by atoms with E-state index >= 15 is 4.39 Å². The van der Waals surface area contributed by atoms with Gasteiger partial charge in [0.25, 0.3) is 0 Å². The molecule has 2 heterocycles. The van der Waals surface area contributed by atoms with Gasteiger partial charge in [-0.2, -0.15) is 10.3 Å². The summed E-state index contributed by atoms with van der Waals surface area (Å²) in [6, 6.07) is 17.0. The number of aryl methyl sites for hydroxylation is 1. The lowest BCUT2D eigenvalue weighted by molar-refractivity contribution is -0.848. The molecular weight excluding hydrogens is 819 g/mol. The van der Waals surface area contributed by atoms with Crippen molar-refractivity contribution in [3.63, 3.8) is 0 Å². The maximum atomic E-state index is 15.5. The van der Waals surface area contributed by atoms with Crippen LogP contribution in [0.25, 0.3) is 11.3 Å². The number of halogens is 3. The van der Waals surface area contributed by atoms with Crippen molar-refractivity contribution in [2.75, 3.05) is 45.7 Å². The summed E-state index contributed by atoms with van der Waals surface area (Å²) in [4.78, 5) is 35.6. The third-order valence-electron chi connectivity index (χ3n) is 8.64. The van der Waals surface area contributed by atoms with Crippen LogP contribution in [0.2, 0.25) is 0 Å². The second kappa shape index (κ2) is 17.9. The second-order valence-corrected chi connectivity index (χ2v) is 13.5. The smallest absolute Gasteiger partial charge is 0.411 e. The number of rotatable bonds is 14. The van der Waals surface area contributed by atoms with Crippen molar-refractivity contribution in [3.05, 3.63) is 105 Å². The van der Waals surface area contributed by atoms with Crippen LogP contribution in [0, 0.1) is 29.9 Å². The molecule has 1 aliphatic rings. The summed E-state index contributed by atoms with van der Waals surface area (Å²) < 4.78 is 40.6. The van der Waals surface area contributed by atoms with Crippen molar-refractivity contribution in [1.82, 2.24) is 9.88 Å². The fourth-order valence-corrected chi connectivity index (χ4v) is 6.71. The van der Waals surface area contributed by atoms with Gasteiger partial charge in [-0.05, 0) is 63.0 Å². The van der Waals surface area contributed by atoms with E-state index in [0.29, 0.717) is 27.5 Å². The Morgan fingerprint density at radius 1 is 1.13 bits per heavy atom. The first-order chi connectivity index (χ1) is 24.8. The number of quaternary nitrogens is 1. The number of anilines is 1. The molecule has 3 atom stereocenters. The molecule has 5 rings (SSSR count). The molecule has 1 aliphatic heterocycles. The Labute approximate surface area is 327 Å². The third kappa shape index (κ3) is 10.1. The zero-order valence-electron chi connectivity index (χ0n) is 29.4. The number of benzene rings is 3. The van der Waals surface area contributed by atoms with E-state index in [4.69, 9.17) is 19.7 Å². The number of nitrogens with one attached hydrogen (secondary N) is 1. The Kier molecular flexibility index (Phi) is 13.9. The lowest BCUT2D eigenvalue weighted by Crippen LogP contribution is -3.00. The molecule has 53 heavy (non-hydrogen) atoms. The molecular formula is C37H38F2IN7O5S. The molecule has 2 N–H and O–H groups in total. The molecule has 0 fully saturated rings. The summed E-state index contributed by atoms with van der Waals surface area (Å²) in [6.45, 7) is 3.01. The normalized spacial score (nSPS) is 16.4. The fourth-order valence-electron chi connectivity index (χ4n) is 5.74. The lowest BCUT2D eigenvalue weighted by Gasteiger charge is -2.38. The highest BCUT2D eigenvalue weighted by Crippen LogP contribution is 2.42. The van der Waals surface area contributed by atoms with Gasteiger partial charge in [0.1, 0.15) is 37.9 Å². The molecule has 16 heteroatoms. The number of nitrogens with zero attached hydrogens (tertiary/aromatic N) is 6. The number of aliphatic imine (C=N–C) groups is 1. The monoisotopic (exact) mass is 857 g/mol. The number of hydrogen-bond donors (Lipinski definition) is 2. The maximum Gasteiger partial charge on any atom is 0.411 e. The molecule has 12 nitrogen and oxygen atoms in total. The van der Waals surface area contributed by atoms with Crippen LogP contribution in [0.1, 0.15) is 40.1 Å². The minimum Gasteiger partial charge on any atom is -1.00 e. The highest BCUT2D eigenvalue weighted by Gasteiger charge is 2.49. The van der Waals surface area contributed by atoms with E-state index in [2.05, 4.69) is 21.5 Å². The quantitative estimate of drug-likeness (QED) is 0.112. The number of carbonyl (C=O) groups excluding carboxylic acids is 2. The summed E-state index contributed by atoms with van der Waals surface area (Å²) in [5.74, 6) is -2.86. The molecule has 0 radical (unpaired) electrons. The number of ether oxygens (including phenoxy) is 2. The van der Waals surface area contributed by atoms with Gasteiger partial charge < -0.3 is 38.6 Å². The van der Waals surface area contributed by atoms with E-state index in [1.807, 2.05) is 13.0 Å². The topological polar surface area (TPSA) is 150 Å². The molecule has 1 aromatic heterocycles. The van der Waals surface area contributed by atoms with Gasteiger partial charge in [0.15, 0.2) is 11.9 Å². The van der Waals surface area contributed by atoms with E-state index < -0.39 is 39.8 Å². The van der Waals surface area contributed by atoms with E-state index in [9.17, 15) is 19.1 Å². The van der Waals surface area contributed by atoms with Gasteiger partial charge in [0, 0.05) is 28.0 Å². The number of aromatic nitrogens is 1. The predicted molar refractivity (Wildman–Crippen MR) is 192 cm³/mol. The van der Waals surface area contributed by atoms with Crippen molar-refractivity contribution >= 4 is 41.8 Å². The Hall–Kier alpha value is -4.67. The largest absolute Gasteiger partial charge is 1.00 e. The van der Waals surface area contributed by atoms with Crippen LogP contribution in [-0.2, 0) is 26.5 Å². The zero-order valence-corrected chi connectivity index (χ0v) is 32.4. The number of nitriles is 1. The molecule has 0 saturated heterocycles. The Balaban J connectivity index is 0.00000627. The fraction of sp³-hybridized carbons (Fsp3) is 0.297. The van der Waals surface area contributed by atoms with Gasteiger partial charge in [0.2, 0.25) is 6.34 Å². The van der Waals surface area contributed by atoms with Gasteiger partial charge >= 0.3 is 12.1 Å². The molecule has 0 bridgehead atoms. The third-order valence-corrected chi connectivity index (χ3v) is 9.67. The lowest BCUT2D eigenvalue weighted by atomic mass is 9.81.